The molecule has 0 saturated heterocycles. The highest BCUT2D eigenvalue weighted by molar-refractivity contribution is 7.92. The van der Waals surface area contributed by atoms with Crippen LogP contribution in [0.1, 0.15) is 49.5 Å². The number of nitrogens with zero attached hydrogens (tertiary/aromatic N) is 1. The Balaban J connectivity index is 2.36. The lowest BCUT2D eigenvalue weighted by molar-refractivity contribution is -0.117. The smallest absolute Gasteiger partial charge is 0.253 e. The van der Waals surface area contributed by atoms with Gasteiger partial charge in [0.25, 0.3) is 5.91 Å². The molecule has 7 nitrogen and oxygen atoms in total. The van der Waals surface area contributed by atoms with Gasteiger partial charge in [-0.15, -0.1) is 0 Å². The average Bonchev–Trinajstić information content (AvgIpc) is 2.72. The van der Waals surface area contributed by atoms with Crippen LogP contribution in [0.4, 0.5) is 11.4 Å². The fourth-order valence-electron chi connectivity index (χ4n) is 3.16. The molecule has 0 aliphatic rings. The summed E-state index contributed by atoms with van der Waals surface area (Å²) in [7, 11) is -3.73. The van der Waals surface area contributed by atoms with Crippen molar-refractivity contribution in [2.45, 2.75) is 52.6 Å². The minimum atomic E-state index is -3.73. The molecular formula is C23H31N3O4S. The molecule has 0 saturated carbocycles. The van der Waals surface area contributed by atoms with Gasteiger partial charge in [-0.1, -0.05) is 43.7 Å². The van der Waals surface area contributed by atoms with E-state index in [9.17, 15) is 18.0 Å². The first-order valence-corrected chi connectivity index (χ1v) is 12.2. The van der Waals surface area contributed by atoms with Crippen molar-refractivity contribution in [2.24, 2.45) is 0 Å². The number of amides is 2. The molecule has 8 heteroatoms. The third-order valence-corrected chi connectivity index (χ3v) is 6.22. The largest absolute Gasteiger partial charge is 0.350 e. The molecule has 0 heterocycles. The van der Waals surface area contributed by atoms with Gasteiger partial charge in [0.1, 0.15) is 6.04 Å². The van der Waals surface area contributed by atoms with Gasteiger partial charge in [-0.3, -0.25) is 13.9 Å². The number of nitrogens with one attached hydrogen (secondary N) is 2. The van der Waals surface area contributed by atoms with Crippen molar-refractivity contribution in [3.63, 3.8) is 0 Å². The monoisotopic (exact) mass is 445 g/mol. The van der Waals surface area contributed by atoms with Crippen LogP contribution in [0.25, 0.3) is 0 Å². The average molecular weight is 446 g/mol. The van der Waals surface area contributed by atoms with E-state index in [1.807, 2.05) is 20.8 Å². The quantitative estimate of drug-likeness (QED) is 0.615. The Morgan fingerprint density at radius 2 is 1.61 bits per heavy atom. The Morgan fingerprint density at radius 1 is 1.00 bits per heavy atom. The molecule has 2 rings (SSSR count). The maximum atomic E-state index is 13.2. The van der Waals surface area contributed by atoms with Crippen molar-refractivity contribution in [3.8, 4) is 0 Å². The summed E-state index contributed by atoms with van der Waals surface area (Å²) in [6, 6.07) is 12.7. The summed E-state index contributed by atoms with van der Waals surface area (Å²) in [5.41, 5.74) is 2.06. The molecule has 0 aliphatic heterocycles. The standard InChI is InChI=1S/C23H31N3O4S/c1-6-17(4)24-22(27)19-10-8-9-11-20(19)25-23(28)21(7-2)26(31(5,29)30)18-14-12-16(3)13-15-18/h8-15,17,21H,6-7H2,1-5H3,(H,24,27)(H,25,28). The van der Waals surface area contributed by atoms with E-state index in [-0.39, 0.29) is 18.4 Å². The third-order valence-electron chi connectivity index (χ3n) is 5.04. The number of hydrogen-bond acceptors (Lipinski definition) is 4. The highest BCUT2D eigenvalue weighted by Crippen LogP contribution is 2.24. The van der Waals surface area contributed by atoms with Gasteiger partial charge in [-0.2, -0.15) is 0 Å². The zero-order valence-electron chi connectivity index (χ0n) is 18.7. The van der Waals surface area contributed by atoms with Gasteiger partial charge in [0.15, 0.2) is 0 Å². The summed E-state index contributed by atoms with van der Waals surface area (Å²) in [6.45, 7) is 7.52. The molecule has 2 aromatic rings. The van der Waals surface area contributed by atoms with Crippen LogP contribution < -0.4 is 14.9 Å². The first-order chi connectivity index (χ1) is 14.6. The molecule has 0 bridgehead atoms. The molecule has 0 aromatic heterocycles. The zero-order chi connectivity index (χ0) is 23.2. The summed E-state index contributed by atoms with van der Waals surface area (Å²) in [5.74, 6) is -0.797. The number of anilines is 2. The van der Waals surface area contributed by atoms with Gasteiger partial charge in [0.2, 0.25) is 15.9 Å². The molecule has 0 spiro atoms. The first-order valence-electron chi connectivity index (χ1n) is 10.3. The molecule has 31 heavy (non-hydrogen) atoms. The SMILES string of the molecule is CCC(C)NC(=O)c1ccccc1NC(=O)C(CC)N(c1ccc(C)cc1)S(C)(=O)=O. The van der Waals surface area contributed by atoms with Crippen LogP contribution in [0.2, 0.25) is 0 Å². The van der Waals surface area contributed by atoms with E-state index in [2.05, 4.69) is 10.6 Å². The molecular weight excluding hydrogens is 414 g/mol. The van der Waals surface area contributed by atoms with Crippen LogP contribution in [0, 0.1) is 6.92 Å². The number of carbonyl (C=O) groups is 2. The van der Waals surface area contributed by atoms with Crippen molar-refractivity contribution < 1.29 is 18.0 Å². The topological polar surface area (TPSA) is 95.6 Å². The van der Waals surface area contributed by atoms with Gasteiger partial charge >= 0.3 is 0 Å². The highest BCUT2D eigenvalue weighted by Gasteiger charge is 2.32. The number of aryl methyl sites for hydroxylation is 1. The van der Waals surface area contributed by atoms with Gasteiger partial charge in [-0.25, -0.2) is 8.42 Å². The zero-order valence-corrected chi connectivity index (χ0v) is 19.5. The summed E-state index contributed by atoms with van der Waals surface area (Å²) in [5, 5.41) is 5.65. The molecule has 0 radical (unpaired) electrons. The molecule has 2 amide bonds. The number of hydrogen-bond donors (Lipinski definition) is 2. The fraction of sp³-hybridized carbons (Fsp3) is 0.391. The number of rotatable bonds is 9. The number of benzene rings is 2. The molecule has 0 aliphatic carbocycles. The lowest BCUT2D eigenvalue weighted by Crippen LogP contribution is -2.47. The van der Waals surface area contributed by atoms with E-state index in [1.165, 1.54) is 0 Å². The van der Waals surface area contributed by atoms with Crippen LogP contribution in [0.3, 0.4) is 0 Å². The van der Waals surface area contributed by atoms with E-state index in [4.69, 9.17) is 0 Å². The lowest BCUT2D eigenvalue weighted by Gasteiger charge is -2.30. The van der Waals surface area contributed by atoms with E-state index < -0.39 is 22.0 Å². The maximum absolute atomic E-state index is 13.2. The maximum Gasteiger partial charge on any atom is 0.253 e. The van der Waals surface area contributed by atoms with Crippen LogP contribution in [0.5, 0.6) is 0 Å². The Morgan fingerprint density at radius 3 is 2.16 bits per heavy atom. The van der Waals surface area contributed by atoms with E-state index in [0.717, 1.165) is 22.5 Å². The molecule has 2 N–H and O–H groups in total. The highest BCUT2D eigenvalue weighted by atomic mass is 32.2. The first kappa shape index (κ1) is 24.4. The minimum Gasteiger partial charge on any atom is -0.350 e. The Kier molecular flexibility index (Phi) is 8.21. The van der Waals surface area contributed by atoms with E-state index in [1.54, 1.807) is 55.5 Å². The summed E-state index contributed by atoms with van der Waals surface area (Å²) < 4.78 is 26.3. The van der Waals surface area contributed by atoms with Crippen LogP contribution in [0.15, 0.2) is 48.5 Å². The second-order valence-corrected chi connectivity index (χ2v) is 9.50. The molecule has 2 atom stereocenters. The Bertz CT molecular complexity index is 1020. The van der Waals surface area contributed by atoms with Crippen LogP contribution in [-0.4, -0.2) is 38.6 Å². The van der Waals surface area contributed by atoms with E-state index >= 15 is 0 Å². The summed E-state index contributed by atoms with van der Waals surface area (Å²) >= 11 is 0. The van der Waals surface area contributed by atoms with Crippen molar-refractivity contribution in [1.29, 1.82) is 0 Å². The summed E-state index contributed by atoms with van der Waals surface area (Å²) in [6.07, 6.45) is 2.11. The van der Waals surface area contributed by atoms with Crippen LogP contribution in [-0.2, 0) is 14.8 Å². The predicted molar refractivity (Wildman–Crippen MR) is 125 cm³/mol. The normalized spacial score (nSPS) is 13.2. The predicted octanol–water partition coefficient (Wildman–Crippen LogP) is 3.71. The fourth-order valence-corrected chi connectivity index (χ4v) is 4.37. The number of sulfonamides is 1. The Hall–Kier alpha value is -2.87. The summed E-state index contributed by atoms with van der Waals surface area (Å²) in [4.78, 5) is 25.8. The molecule has 2 aromatic carbocycles. The van der Waals surface area contributed by atoms with Crippen molar-refractivity contribution in [1.82, 2.24) is 5.32 Å². The second-order valence-electron chi connectivity index (χ2n) is 7.64. The molecule has 168 valence electrons. The third kappa shape index (κ3) is 6.30. The Labute approximate surface area is 184 Å². The van der Waals surface area contributed by atoms with Gasteiger partial charge in [0, 0.05) is 6.04 Å². The number of para-hydroxylation sites is 1. The molecule has 2 unspecified atom stereocenters. The minimum absolute atomic E-state index is 0.0121. The van der Waals surface area contributed by atoms with Crippen molar-refractivity contribution >= 4 is 33.2 Å². The van der Waals surface area contributed by atoms with Gasteiger partial charge in [-0.05, 0) is 51.0 Å². The van der Waals surface area contributed by atoms with Gasteiger partial charge < -0.3 is 10.6 Å². The second kappa shape index (κ2) is 10.4. The van der Waals surface area contributed by atoms with Crippen molar-refractivity contribution in [2.75, 3.05) is 15.9 Å². The van der Waals surface area contributed by atoms with Crippen molar-refractivity contribution in [3.05, 3.63) is 59.7 Å². The van der Waals surface area contributed by atoms with Gasteiger partial charge in [0.05, 0.1) is 23.2 Å². The van der Waals surface area contributed by atoms with E-state index in [0.29, 0.717) is 16.9 Å². The van der Waals surface area contributed by atoms with Crippen LogP contribution >= 0.6 is 0 Å². The molecule has 0 fully saturated rings. The number of carbonyl (C=O) groups excluding carboxylic acids is 2. The lowest BCUT2D eigenvalue weighted by atomic mass is 10.1.